The minimum absolute atomic E-state index is 0. The van der Waals surface area contributed by atoms with E-state index in [1.54, 1.807) is 0 Å². The summed E-state index contributed by atoms with van der Waals surface area (Å²) in [5.74, 6) is 0. The Morgan fingerprint density at radius 1 is 0.760 bits per heavy atom. The van der Waals surface area contributed by atoms with Gasteiger partial charge in [-0.2, -0.15) is 0 Å². The molecule has 11 heteroatoms. The Bertz CT molecular complexity index is 390. The SMILES string of the molecule is CCC(C)OP([O-])(=S)SC(C)C.CCC(C)OP([O-])(=S)SC(C)C.[Cu+2]. The summed E-state index contributed by atoms with van der Waals surface area (Å²) in [5.41, 5.74) is -5.64. The van der Waals surface area contributed by atoms with Crippen molar-refractivity contribution in [2.45, 2.75) is 90.9 Å². The van der Waals surface area contributed by atoms with Gasteiger partial charge in [0.2, 0.25) is 0 Å². The summed E-state index contributed by atoms with van der Waals surface area (Å²) in [6, 6.07) is 0. The average molecular weight is 518 g/mol. The van der Waals surface area contributed by atoms with E-state index in [1.165, 1.54) is 22.8 Å². The molecule has 0 aliphatic rings. The van der Waals surface area contributed by atoms with E-state index in [2.05, 4.69) is 0 Å². The van der Waals surface area contributed by atoms with Gasteiger partial charge in [-0.05, 0) is 26.7 Å². The summed E-state index contributed by atoms with van der Waals surface area (Å²) in [6.07, 6.45) is 1.69. The maximum atomic E-state index is 11.5. The summed E-state index contributed by atoms with van der Waals surface area (Å²) in [7, 11) is 0. The van der Waals surface area contributed by atoms with Gasteiger partial charge in [0, 0.05) is 21.9 Å². The molecule has 0 aromatic rings. The van der Waals surface area contributed by atoms with Gasteiger partial charge in [0.05, 0.1) is 12.2 Å². The van der Waals surface area contributed by atoms with Crippen LogP contribution in [0.3, 0.4) is 0 Å². The monoisotopic (exact) mass is 517 g/mol. The molecule has 0 aromatic heterocycles. The summed E-state index contributed by atoms with van der Waals surface area (Å²) in [6.45, 7) is 15.6. The first-order chi connectivity index (χ1) is 10.7. The number of hydrogen-bond donors (Lipinski definition) is 0. The van der Waals surface area contributed by atoms with E-state index in [1.807, 2.05) is 55.4 Å². The topological polar surface area (TPSA) is 64.6 Å². The van der Waals surface area contributed by atoms with E-state index in [4.69, 9.17) is 32.7 Å². The molecule has 0 saturated heterocycles. The van der Waals surface area contributed by atoms with Gasteiger partial charge in [-0.1, -0.05) is 65.2 Å². The van der Waals surface area contributed by atoms with Gasteiger partial charge >= 0.3 is 17.1 Å². The van der Waals surface area contributed by atoms with Crippen LogP contribution in [0.1, 0.15) is 68.2 Å². The van der Waals surface area contributed by atoms with E-state index in [9.17, 15) is 9.79 Å². The van der Waals surface area contributed by atoms with Crippen molar-refractivity contribution in [3.05, 3.63) is 0 Å². The van der Waals surface area contributed by atoms with Crippen LogP contribution in [0, 0.1) is 0 Å². The van der Waals surface area contributed by atoms with E-state index in [0.29, 0.717) is 0 Å². The van der Waals surface area contributed by atoms with Crippen molar-refractivity contribution in [3.63, 3.8) is 0 Å². The Kier molecular flexibility index (Phi) is 20.7. The molecule has 4 atom stereocenters. The molecule has 0 spiro atoms. The van der Waals surface area contributed by atoms with E-state index in [0.717, 1.165) is 12.8 Å². The van der Waals surface area contributed by atoms with E-state index in [-0.39, 0.29) is 39.8 Å². The normalized spacial score (nSPS) is 18.4. The molecule has 157 valence electrons. The second kappa shape index (κ2) is 16.2. The van der Waals surface area contributed by atoms with Crippen LogP contribution >= 0.6 is 34.2 Å². The molecule has 0 heterocycles. The van der Waals surface area contributed by atoms with Crippen molar-refractivity contribution < 1.29 is 35.9 Å². The predicted molar refractivity (Wildman–Crippen MR) is 116 cm³/mol. The molecular formula is C14H32CuO4P2S4. The second-order valence-corrected chi connectivity index (χ2v) is 18.8. The van der Waals surface area contributed by atoms with Gasteiger partial charge in [-0.15, -0.1) is 22.8 Å². The first-order valence-electron chi connectivity index (χ1n) is 8.10. The van der Waals surface area contributed by atoms with Crippen molar-refractivity contribution in [3.8, 4) is 0 Å². The Hall–Kier alpha value is 2.36. The van der Waals surface area contributed by atoms with Crippen molar-refractivity contribution in [2.75, 3.05) is 0 Å². The third kappa shape index (κ3) is 22.5. The largest absolute Gasteiger partial charge is 2.00 e. The summed E-state index contributed by atoms with van der Waals surface area (Å²) in [4.78, 5) is 23.1. The van der Waals surface area contributed by atoms with Gasteiger partial charge < -0.3 is 18.8 Å². The van der Waals surface area contributed by atoms with Crippen LogP contribution in [0.4, 0.5) is 0 Å². The molecule has 25 heavy (non-hydrogen) atoms. The van der Waals surface area contributed by atoms with E-state index >= 15 is 0 Å². The van der Waals surface area contributed by atoms with Crippen molar-refractivity contribution in [1.29, 1.82) is 0 Å². The fraction of sp³-hybridized carbons (Fsp3) is 1.00. The quantitative estimate of drug-likeness (QED) is 0.294. The third-order valence-corrected chi connectivity index (χ3v) is 11.7. The van der Waals surface area contributed by atoms with Gasteiger partial charge in [-0.25, -0.2) is 0 Å². The Labute approximate surface area is 183 Å². The van der Waals surface area contributed by atoms with Gasteiger partial charge in [0.25, 0.3) is 0 Å². The van der Waals surface area contributed by atoms with Crippen LogP contribution in [-0.2, 0) is 49.7 Å². The molecule has 0 bridgehead atoms. The zero-order chi connectivity index (χ0) is 19.6. The third-order valence-electron chi connectivity index (χ3n) is 2.45. The van der Waals surface area contributed by atoms with Crippen LogP contribution in [0.5, 0.6) is 0 Å². The van der Waals surface area contributed by atoms with E-state index < -0.39 is 11.4 Å². The van der Waals surface area contributed by atoms with Crippen LogP contribution < -0.4 is 9.79 Å². The summed E-state index contributed by atoms with van der Waals surface area (Å²) >= 11 is 12.2. The number of rotatable bonds is 10. The molecule has 0 aromatic carbocycles. The van der Waals surface area contributed by atoms with Gasteiger partial charge in [-0.3, -0.25) is 0 Å². The molecule has 0 amide bonds. The fourth-order valence-corrected chi connectivity index (χ4v) is 11.7. The zero-order valence-electron chi connectivity index (χ0n) is 16.2. The first kappa shape index (κ1) is 32.0. The van der Waals surface area contributed by atoms with Crippen molar-refractivity contribution in [2.24, 2.45) is 0 Å². The predicted octanol–water partition coefficient (Wildman–Crippen LogP) is 5.05. The van der Waals surface area contributed by atoms with Crippen LogP contribution in [0.15, 0.2) is 0 Å². The van der Waals surface area contributed by atoms with Gasteiger partial charge in [0.1, 0.15) is 0 Å². The molecule has 1 radical (unpaired) electrons. The Morgan fingerprint density at radius 3 is 1.16 bits per heavy atom. The van der Waals surface area contributed by atoms with Crippen molar-refractivity contribution in [1.82, 2.24) is 0 Å². The molecule has 0 N–H and O–H groups in total. The molecule has 0 aliphatic heterocycles. The molecule has 0 aliphatic carbocycles. The molecule has 0 rings (SSSR count). The van der Waals surface area contributed by atoms with Crippen molar-refractivity contribution >= 4 is 57.8 Å². The molecule has 4 nitrogen and oxygen atoms in total. The fourth-order valence-electron chi connectivity index (χ4n) is 1.16. The maximum absolute atomic E-state index is 11.5. The van der Waals surface area contributed by atoms with Gasteiger partial charge in [0.15, 0.2) is 0 Å². The smallest absolute Gasteiger partial charge is 0.793 e. The standard InChI is InChI=1S/2C7H17O2PS2.Cu/c2*1-5-7(4)9-10(8,11)12-6(2)3;/h2*6-7H,5H2,1-4H3,(H,8,11);/q;;+2/p-2. The molecular weight excluding hydrogens is 486 g/mol. The maximum Gasteiger partial charge on any atom is 2.00 e. The number of hydrogen-bond acceptors (Lipinski definition) is 8. The first-order valence-corrected chi connectivity index (χ1v) is 16.3. The minimum Gasteiger partial charge on any atom is -0.793 e. The Morgan fingerprint density at radius 2 is 1.00 bits per heavy atom. The minimum atomic E-state index is -2.82. The zero-order valence-corrected chi connectivity index (χ0v) is 22.2. The Balaban J connectivity index is -0.000000372. The summed E-state index contributed by atoms with van der Waals surface area (Å²) in [5, 5.41) is 0.523. The van der Waals surface area contributed by atoms with Crippen LogP contribution in [-0.4, -0.2) is 22.7 Å². The second-order valence-electron chi connectivity index (χ2n) is 5.85. The molecule has 0 fully saturated rings. The summed E-state index contributed by atoms with van der Waals surface area (Å²) < 4.78 is 10.5. The molecule has 4 unspecified atom stereocenters. The van der Waals surface area contributed by atoms with Crippen LogP contribution in [0.25, 0.3) is 0 Å². The molecule has 0 saturated carbocycles. The average Bonchev–Trinajstić information content (AvgIpc) is 2.34. The van der Waals surface area contributed by atoms with Crippen LogP contribution in [0.2, 0.25) is 0 Å².